The molecule has 2 aromatic rings. The molecule has 0 radical (unpaired) electrons. The van der Waals surface area contributed by atoms with Crippen LogP contribution in [0.5, 0.6) is 0 Å². The molecule has 0 fully saturated rings. The molecular formula is C24H30N4O2. The third kappa shape index (κ3) is 4.94. The second-order valence-corrected chi connectivity index (χ2v) is 7.54. The Balaban J connectivity index is 1.86. The minimum atomic E-state index is -0.972. The first-order chi connectivity index (χ1) is 14.5. The molecule has 6 heteroatoms. The minimum absolute atomic E-state index is 0.226. The highest BCUT2D eigenvalue weighted by atomic mass is 16.2. The molecule has 1 unspecified atom stereocenters. The summed E-state index contributed by atoms with van der Waals surface area (Å²) < 4.78 is 0. The fourth-order valence-corrected chi connectivity index (χ4v) is 3.69. The van der Waals surface area contributed by atoms with Gasteiger partial charge in [0.1, 0.15) is 0 Å². The van der Waals surface area contributed by atoms with Gasteiger partial charge in [0.25, 0.3) is 5.91 Å². The number of rotatable bonds is 8. The van der Waals surface area contributed by atoms with Gasteiger partial charge in [-0.2, -0.15) is 0 Å². The molecule has 3 rings (SSSR count). The van der Waals surface area contributed by atoms with E-state index >= 15 is 0 Å². The second kappa shape index (κ2) is 10.2. The maximum absolute atomic E-state index is 13.3. The van der Waals surface area contributed by atoms with E-state index in [9.17, 15) is 9.59 Å². The lowest BCUT2D eigenvalue weighted by Gasteiger charge is -2.25. The highest BCUT2D eigenvalue weighted by molar-refractivity contribution is 6.13. The van der Waals surface area contributed by atoms with Crippen molar-refractivity contribution in [2.45, 2.75) is 51.7 Å². The van der Waals surface area contributed by atoms with Crippen molar-refractivity contribution in [3.63, 3.8) is 0 Å². The molecule has 2 atom stereocenters. The summed E-state index contributed by atoms with van der Waals surface area (Å²) in [5, 5.41) is 2.80. The van der Waals surface area contributed by atoms with Gasteiger partial charge in [0, 0.05) is 17.8 Å². The molecule has 0 saturated carbocycles. The first kappa shape index (κ1) is 21.7. The Morgan fingerprint density at radius 3 is 2.50 bits per heavy atom. The van der Waals surface area contributed by atoms with Crippen molar-refractivity contribution in [3.8, 4) is 0 Å². The van der Waals surface area contributed by atoms with E-state index in [4.69, 9.17) is 5.73 Å². The van der Waals surface area contributed by atoms with Gasteiger partial charge in [-0.1, -0.05) is 68.8 Å². The van der Waals surface area contributed by atoms with Crippen molar-refractivity contribution in [1.29, 1.82) is 0 Å². The van der Waals surface area contributed by atoms with Gasteiger partial charge in [-0.25, -0.2) is 0 Å². The maximum Gasteiger partial charge on any atom is 0.272 e. The van der Waals surface area contributed by atoms with Gasteiger partial charge >= 0.3 is 0 Å². The van der Waals surface area contributed by atoms with E-state index in [1.165, 1.54) is 0 Å². The highest BCUT2D eigenvalue weighted by Gasteiger charge is 2.32. The summed E-state index contributed by atoms with van der Waals surface area (Å²) in [6.07, 6.45) is 1.85. The van der Waals surface area contributed by atoms with Crippen LogP contribution in [-0.4, -0.2) is 36.3 Å². The molecule has 1 aliphatic rings. The number of anilines is 1. The van der Waals surface area contributed by atoms with Crippen LogP contribution in [0.2, 0.25) is 0 Å². The Bertz CT molecular complexity index is 910. The molecule has 6 nitrogen and oxygen atoms in total. The number of carbonyl (C=O) groups excluding carboxylic acids is 2. The molecule has 0 saturated heterocycles. The Morgan fingerprint density at radius 2 is 1.80 bits per heavy atom. The molecule has 3 N–H and O–H groups in total. The summed E-state index contributed by atoms with van der Waals surface area (Å²) in [7, 11) is 0. The Morgan fingerprint density at radius 1 is 1.10 bits per heavy atom. The first-order valence-corrected chi connectivity index (χ1v) is 10.6. The van der Waals surface area contributed by atoms with Crippen LogP contribution in [0.1, 0.15) is 44.2 Å². The summed E-state index contributed by atoms with van der Waals surface area (Å²) in [5.74, 6) is -0.602. The smallest absolute Gasteiger partial charge is 0.272 e. The number of nitrogens with one attached hydrogen (secondary N) is 1. The number of fused-ring (bicyclic) bond motifs is 1. The van der Waals surface area contributed by atoms with Gasteiger partial charge < -0.3 is 16.0 Å². The van der Waals surface area contributed by atoms with Crippen molar-refractivity contribution in [1.82, 2.24) is 5.32 Å². The van der Waals surface area contributed by atoms with E-state index in [1.807, 2.05) is 61.5 Å². The van der Waals surface area contributed by atoms with Crippen LogP contribution >= 0.6 is 0 Å². The lowest BCUT2D eigenvalue weighted by molar-refractivity contribution is -0.128. The Labute approximate surface area is 178 Å². The predicted molar refractivity (Wildman–Crippen MR) is 121 cm³/mol. The number of aliphatic imine (C=N–C) groups is 1. The normalized spacial score (nSPS) is 17.0. The van der Waals surface area contributed by atoms with Crippen LogP contribution in [0.3, 0.4) is 0 Å². The maximum atomic E-state index is 13.3. The number of nitrogens with zero attached hydrogens (tertiary/aromatic N) is 2. The van der Waals surface area contributed by atoms with Gasteiger partial charge in [-0.15, -0.1) is 0 Å². The molecule has 158 valence electrons. The van der Waals surface area contributed by atoms with E-state index in [2.05, 4.69) is 17.2 Å². The summed E-state index contributed by atoms with van der Waals surface area (Å²) >= 11 is 0. The van der Waals surface area contributed by atoms with E-state index in [0.717, 1.165) is 41.8 Å². The van der Waals surface area contributed by atoms with Crippen molar-refractivity contribution >= 4 is 23.2 Å². The third-order valence-electron chi connectivity index (χ3n) is 5.14. The monoisotopic (exact) mass is 406 g/mol. The molecule has 0 aliphatic carbocycles. The zero-order chi connectivity index (χ0) is 21.5. The van der Waals surface area contributed by atoms with Crippen LogP contribution in [0, 0.1) is 0 Å². The molecule has 30 heavy (non-hydrogen) atoms. The minimum Gasteiger partial charge on any atom is -0.325 e. The van der Waals surface area contributed by atoms with Gasteiger partial charge in [0.2, 0.25) is 12.1 Å². The number of hydrogen-bond donors (Lipinski definition) is 2. The molecule has 0 bridgehead atoms. The number of amides is 2. The van der Waals surface area contributed by atoms with Gasteiger partial charge in [0.15, 0.2) is 0 Å². The molecule has 1 aliphatic heterocycles. The van der Waals surface area contributed by atoms with Crippen molar-refractivity contribution in [3.05, 3.63) is 65.7 Å². The van der Waals surface area contributed by atoms with Gasteiger partial charge in [-0.3, -0.25) is 14.6 Å². The van der Waals surface area contributed by atoms with E-state index in [-0.39, 0.29) is 11.8 Å². The lowest BCUT2D eigenvalue weighted by Crippen LogP contribution is -2.52. The standard InChI is InChI=1S/C24H30N4O2/c1-3-10-20-18-13-8-9-14-21(18)28(15-4-2)24(30)22(26-20)27-23(29)19(25)16-17-11-6-5-7-12-17/h5-9,11-14,19,22H,3-4,10,15-16,25H2,1-2H3,(H,27,29)/t19-,22?/m1/s1. The number of benzene rings is 2. The summed E-state index contributed by atoms with van der Waals surface area (Å²) in [6, 6.07) is 16.7. The quantitative estimate of drug-likeness (QED) is 0.706. The van der Waals surface area contributed by atoms with Gasteiger partial charge in [0.05, 0.1) is 11.7 Å². The number of hydrogen-bond acceptors (Lipinski definition) is 4. The second-order valence-electron chi connectivity index (χ2n) is 7.54. The fraction of sp³-hybridized carbons (Fsp3) is 0.375. The number of para-hydroxylation sites is 1. The topological polar surface area (TPSA) is 87.8 Å². The average Bonchev–Trinajstić information content (AvgIpc) is 2.86. The molecule has 2 aromatic carbocycles. The zero-order valence-corrected chi connectivity index (χ0v) is 17.7. The van der Waals surface area contributed by atoms with Crippen LogP contribution in [0.25, 0.3) is 0 Å². The zero-order valence-electron chi connectivity index (χ0n) is 17.7. The van der Waals surface area contributed by atoms with Crippen molar-refractivity contribution in [2.75, 3.05) is 11.4 Å². The largest absolute Gasteiger partial charge is 0.325 e. The number of benzodiazepines with no additional fused rings is 1. The van der Waals surface area contributed by atoms with E-state index < -0.39 is 12.2 Å². The average molecular weight is 407 g/mol. The summed E-state index contributed by atoms with van der Waals surface area (Å²) in [6.45, 7) is 4.66. The van der Waals surface area contributed by atoms with Crippen LogP contribution in [0.4, 0.5) is 5.69 Å². The van der Waals surface area contributed by atoms with E-state index in [1.54, 1.807) is 4.90 Å². The highest BCUT2D eigenvalue weighted by Crippen LogP contribution is 2.27. The summed E-state index contributed by atoms with van der Waals surface area (Å²) in [4.78, 5) is 32.5. The molecular weight excluding hydrogens is 376 g/mol. The van der Waals surface area contributed by atoms with Crippen LogP contribution in [-0.2, 0) is 16.0 Å². The van der Waals surface area contributed by atoms with E-state index in [0.29, 0.717) is 13.0 Å². The van der Waals surface area contributed by atoms with Crippen LogP contribution in [0.15, 0.2) is 59.6 Å². The molecule has 0 spiro atoms. The van der Waals surface area contributed by atoms with Crippen molar-refractivity contribution in [2.24, 2.45) is 10.7 Å². The first-order valence-electron chi connectivity index (χ1n) is 10.6. The van der Waals surface area contributed by atoms with Crippen LogP contribution < -0.4 is 16.0 Å². The predicted octanol–water partition coefficient (Wildman–Crippen LogP) is 3.04. The lowest BCUT2D eigenvalue weighted by atomic mass is 10.0. The van der Waals surface area contributed by atoms with Crippen molar-refractivity contribution < 1.29 is 9.59 Å². The SMILES string of the molecule is CCCC1=NC(NC(=O)[C@H](N)Cc2ccccc2)C(=O)N(CCC)c2ccccc21. The molecule has 1 heterocycles. The van der Waals surface area contributed by atoms with Gasteiger partial charge in [-0.05, 0) is 30.9 Å². The third-order valence-corrected chi connectivity index (χ3v) is 5.14. The molecule has 0 aromatic heterocycles. The fourth-order valence-electron chi connectivity index (χ4n) is 3.69. The molecule has 2 amide bonds. The Kier molecular flexibility index (Phi) is 7.36. The number of carbonyl (C=O) groups is 2. The Hall–Kier alpha value is -2.99. The summed E-state index contributed by atoms with van der Waals surface area (Å²) in [5.41, 5.74) is 9.75. The number of nitrogens with two attached hydrogens (primary N) is 1.